The van der Waals surface area contributed by atoms with E-state index in [0.29, 0.717) is 40.6 Å². The van der Waals surface area contributed by atoms with Gasteiger partial charge in [0.05, 0.1) is 20.7 Å². The number of benzene rings is 1. The van der Waals surface area contributed by atoms with Gasteiger partial charge < -0.3 is 14.8 Å². The van der Waals surface area contributed by atoms with Crippen LogP contribution in [0.4, 0.5) is 18.9 Å². The van der Waals surface area contributed by atoms with E-state index in [-0.39, 0.29) is 4.88 Å². The third-order valence-electron chi connectivity index (χ3n) is 3.72. The van der Waals surface area contributed by atoms with E-state index in [9.17, 15) is 18.0 Å². The molecule has 134 valence electrons. The molecule has 0 saturated heterocycles. The van der Waals surface area contributed by atoms with Crippen LogP contribution in [0.3, 0.4) is 0 Å². The summed E-state index contributed by atoms with van der Waals surface area (Å²) in [6.07, 6.45) is -3.71. The Morgan fingerprint density at radius 3 is 2.65 bits per heavy atom. The summed E-state index contributed by atoms with van der Waals surface area (Å²) in [4.78, 5) is 16.5. The maximum atomic E-state index is 12.8. The average molecular weight is 380 g/mol. The van der Waals surface area contributed by atoms with Crippen LogP contribution in [0.15, 0.2) is 36.5 Å². The number of amides is 1. The van der Waals surface area contributed by atoms with Gasteiger partial charge in [-0.05, 0) is 24.3 Å². The van der Waals surface area contributed by atoms with Crippen molar-refractivity contribution < 1.29 is 27.4 Å². The highest BCUT2D eigenvalue weighted by Gasteiger charge is 2.31. The van der Waals surface area contributed by atoms with E-state index in [1.54, 1.807) is 18.2 Å². The molecular weight excluding hydrogens is 369 g/mol. The molecule has 3 heterocycles. The maximum Gasteiger partial charge on any atom is 0.417 e. The van der Waals surface area contributed by atoms with Gasteiger partial charge in [-0.1, -0.05) is 0 Å². The second-order valence-electron chi connectivity index (χ2n) is 5.53. The summed E-state index contributed by atoms with van der Waals surface area (Å²) >= 11 is 0.953. The van der Waals surface area contributed by atoms with Gasteiger partial charge in [0.25, 0.3) is 5.91 Å². The van der Waals surface area contributed by atoms with Crippen LogP contribution in [-0.4, -0.2) is 24.1 Å². The van der Waals surface area contributed by atoms with Gasteiger partial charge in [-0.2, -0.15) is 13.2 Å². The number of pyridine rings is 1. The fourth-order valence-corrected chi connectivity index (χ4v) is 3.45. The van der Waals surface area contributed by atoms with Gasteiger partial charge in [0.15, 0.2) is 11.5 Å². The predicted molar refractivity (Wildman–Crippen MR) is 90.0 cm³/mol. The number of anilines is 1. The lowest BCUT2D eigenvalue weighted by molar-refractivity contribution is -0.137. The van der Waals surface area contributed by atoms with Crippen molar-refractivity contribution in [2.24, 2.45) is 0 Å². The Bertz CT molecular complexity index is 1000. The smallest absolute Gasteiger partial charge is 0.417 e. The number of nitrogens with zero attached hydrogens (tertiary/aromatic N) is 1. The lowest BCUT2D eigenvalue weighted by Crippen LogP contribution is -2.16. The normalized spacial score (nSPS) is 13.7. The highest BCUT2D eigenvalue weighted by atomic mass is 32.1. The number of carbonyl (C=O) groups excluding carboxylic acids is 1. The molecule has 0 saturated carbocycles. The van der Waals surface area contributed by atoms with Crippen LogP contribution < -0.4 is 14.8 Å². The molecule has 0 unspecified atom stereocenters. The third-order valence-corrected chi connectivity index (χ3v) is 4.79. The van der Waals surface area contributed by atoms with Crippen molar-refractivity contribution in [2.75, 3.05) is 18.5 Å². The first-order valence-corrected chi connectivity index (χ1v) is 8.39. The lowest BCUT2D eigenvalue weighted by Gasteiger charge is -2.18. The fourth-order valence-electron chi connectivity index (χ4n) is 2.50. The van der Waals surface area contributed by atoms with Gasteiger partial charge >= 0.3 is 6.18 Å². The van der Waals surface area contributed by atoms with Crippen molar-refractivity contribution in [1.82, 2.24) is 4.98 Å². The van der Waals surface area contributed by atoms with Crippen molar-refractivity contribution in [1.29, 1.82) is 0 Å². The summed E-state index contributed by atoms with van der Waals surface area (Å²) in [5, 5.41) is 2.70. The molecule has 0 spiro atoms. The van der Waals surface area contributed by atoms with Crippen LogP contribution >= 0.6 is 11.3 Å². The number of hydrogen-bond acceptors (Lipinski definition) is 5. The Balaban J connectivity index is 1.58. The lowest BCUT2D eigenvalue weighted by atomic mass is 10.2. The van der Waals surface area contributed by atoms with Gasteiger partial charge in [0.1, 0.15) is 13.2 Å². The minimum atomic E-state index is -4.47. The molecule has 2 aromatic heterocycles. The topological polar surface area (TPSA) is 60.5 Å². The van der Waals surface area contributed by atoms with Crippen molar-refractivity contribution in [3.05, 3.63) is 47.0 Å². The van der Waals surface area contributed by atoms with Gasteiger partial charge in [0, 0.05) is 18.0 Å². The number of aromatic nitrogens is 1. The SMILES string of the molecule is O=C(Nc1ccc2c(c1)OCCO2)c1cc2ncc(C(F)(F)F)cc2s1. The van der Waals surface area contributed by atoms with Crippen LogP contribution in [0.25, 0.3) is 10.2 Å². The molecule has 5 nitrogen and oxygen atoms in total. The van der Waals surface area contributed by atoms with Crippen LogP contribution in [0.5, 0.6) is 11.5 Å². The van der Waals surface area contributed by atoms with Gasteiger partial charge in [-0.25, -0.2) is 0 Å². The number of halogens is 3. The number of nitrogens with one attached hydrogen (secondary N) is 1. The molecule has 1 N–H and O–H groups in total. The summed E-state index contributed by atoms with van der Waals surface area (Å²) in [5.74, 6) is 0.695. The van der Waals surface area contributed by atoms with E-state index in [2.05, 4.69) is 10.3 Å². The number of alkyl halides is 3. The quantitative estimate of drug-likeness (QED) is 0.719. The third kappa shape index (κ3) is 3.17. The molecule has 26 heavy (non-hydrogen) atoms. The summed E-state index contributed by atoms with van der Waals surface area (Å²) in [7, 11) is 0. The summed E-state index contributed by atoms with van der Waals surface area (Å²) in [6.45, 7) is 0.890. The van der Waals surface area contributed by atoms with E-state index >= 15 is 0 Å². The number of hydrogen-bond donors (Lipinski definition) is 1. The molecular formula is C17H11F3N2O3S. The van der Waals surface area contributed by atoms with Crippen LogP contribution in [0.1, 0.15) is 15.2 Å². The van der Waals surface area contributed by atoms with Crippen molar-refractivity contribution in [2.45, 2.75) is 6.18 Å². The average Bonchev–Trinajstić information content (AvgIpc) is 3.04. The molecule has 4 rings (SSSR count). The summed E-state index contributed by atoms with van der Waals surface area (Å²) < 4.78 is 49.5. The number of ether oxygens (including phenoxy) is 2. The molecule has 1 aromatic carbocycles. The van der Waals surface area contributed by atoms with Crippen LogP contribution in [0, 0.1) is 0 Å². The van der Waals surface area contributed by atoms with Crippen LogP contribution in [-0.2, 0) is 6.18 Å². The zero-order valence-corrected chi connectivity index (χ0v) is 13.9. The predicted octanol–water partition coefficient (Wildman–Crippen LogP) is 4.34. The van der Waals surface area contributed by atoms with E-state index < -0.39 is 17.6 Å². The largest absolute Gasteiger partial charge is 0.486 e. The highest BCUT2D eigenvalue weighted by Crippen LogP contribution is 2.35. The Labute approximate surface area is 149 Å². The van der Waals surface area contributed by atoms with E-state index in [4.69, 9.17) is 9.47 Å². The number of thiophene rings is 1. The summed E-state index contributed by atoms with van der Waals surface area (Å²) in [6, 6.07) is 7.45. The molecule has 0 fully saturated rings. The molecule has 0 bridgehead atoms. The van der Waals surface area contributed by atoms with Gasteiger partial charge in [-0.15, -0.1) is 11.3 Å². The zero-order chi connectivity index (χ0) is 18.3. The Hall–Kier alpha value is -2.81. The maximum absolute atomic E-state index is 12.8. The van der Waals surface area contributed by atoms with Crippen molar-refractivity contribution in [3.63, 3.8) is 0 Å². The van der Waals surface area contributed by atoms with Crippen molar-refractivity contribution in [3.8, 4) is 11.5 Å². The van der Waals surface area contributed by atoms with Crippen LogP contribution in [0.2, 0.25) is 0 Å². The first-order chi connectivity index (χ1) is 12.4. The van der Waals surface area contributed by atoms with E-state index in [1.807, 2.05) is 0 Å². The Morgan fingerprint density at radius 1 is 1.12 bits per heavy atom. The number of rotatable bonds is 2. The number of carbonyl (C=O) groups is 1. The molecule has 1 amide bonds. The van der Waals surface area contributed by atoms with Gasteiger partial charge in [0.2, 0.25) is 0 Å². The van der Waals surface area contributed by atoms with Gasteiger partial charge in [-0.3, -0.25) is 9.78 Å². The Kier molecular flexibility index (Phi) is 3.95. The highest BCUT2D eigenvalue weighted by molar-refractivity contribution is 7.20. The Morgan fingerprint density at radius 2 is 1.88 bits per heavy atom. The molecule has 9 heteroatoms. The standard InChI is InChI=1S/C17H11F3N2O3S/c18-17(19,20)9-5-14-11(21-8-9)7-15(26-14)16(23)22-10-1-2-12-13(6-10)25-4-3-24-12/h1-2,5-8H,3-4H2,(H,22,23). The van der Waals surface area contributed by atoms with Crippen molar-refractivity contribution >= 4 is 33.1 Å². The minimum absolute atomic E-state index is 0.265. The minimum Gasteiger partial charge on any atom is -0.486 e. The molecule has 1 aliphatic heterocycles. The van der Waals surface area contributed by atoms with E-state index in [0.717, 1.165) is 23.6 Å². The molecule has 3 aromatic rings. The second-order valence-corrected chi connectivity index (χ2v) is 6.61. The molecule has 0 atom stereocenters. The van der Waals surface area contributed by atoms with E-state index in [1.165, 1.54) is 6.07 Å². The monoisotopic (exact) mass is 380 g/mol. The first-order valence-electron chi connectivity index (χ1n) is 7.58. The summed E-state index contributed by atoms with van der Waals surface area (Å²) in [5.41, 5.74) is 0.00149. The molecule has 0 aliphatic carbocycles. The molecule has 0 radical (unpaired) electrons. The number of fused-ring (bicyclic) bond motifs is 2. The first kappa shape index (κ1) is 16.6. The second kappa shape index (κ2) is 6.17. The fraction of sp³-hybridized carbons (Fsp3) is 0.176. The zero-order valence-electron chi connectivity index (χ0n) is 13.1. The molecule has 1 aliphatic rings.